The topological polar surface area (TPSA) is 12.0 Å². The molecule has 0 bridgehead atoms. The third kappa shape index (κ3) is 1.16. The molecule has 0 amide bonds. The number of nitrogens with one attached hydrogen (secondary N) is 1. The van der Waals surface area contributed by atoms with Gasteiger partial charge in [0.05, 0.1) is 0 Å². The lowest BCUT2D eigenvalue weighted by molar-refractivity contribution is 0.415. The monoisotopic (exact) mass is 125 g/mol. The number of rotatable bonds is 1. The van der Waals surface area contributed by atoms with Gasteiger partial charge in [0, 0.05) is 6.04 Å². The Balaban J connectivity index is 2.53. The molecular weight excluding hydrogens is 110 g/mol. The van der Waals surface area contributed by atoms with Crippen molar-refractivity contribution in [2.24, 2.45) is 11.8 Å². The summed E-state index contributed by atoms with van der Waals surface area (Å²) in [7, 11) is 2.03. The van der Waals surface area contributed by atoms with Crippen molar-refractivity contribution in [3.8, 4) is 0 Å². The molecule has 1 aliphatic carbocycles. The van der Waals surface area contributed by atoms with Crippen LogP contribution in [0.25, 0.3) is 0 Å². The Hall–Kier alpha value is -0.300. The van der Waals surface area contributed by atoms with Crippen LogP contribution >= 0.6 is 0 Å². The first-order valence-electron chi connectivity index (χ1n) is 3.61. The average molecular weight is 125 g/mol. The molecule has 0 radical (unpaired) electrons. The van der Waals surface area contributed by atoms with Gasteiger partial charge in [0.25, 0.3) is 0 Å². The SMILES string of the molecule is CNC1C(C)C=CC1C. The zero-order valence-electron chi connectivity index (χ0n) is 6.39. The Morgan fingerprint density at radius 1 is 1.11 bits per heavy atom. The van der Waals surface area contributed by atoms with Gasteiger partial charge in [-0.3, -0.25) is 0 Å². The van der Waals surface area contributed by atoms with Gasteiger partial charge in [-0.15, -0.1) is 0 Å². The van der Waals surface area contributed by atoms with E-state index in [0.29, 0.717) is 17.9 Å². The lowest BCUT2D eigenvalue weighted by atomic mass is 10.00. The van der Waals surface area contributed by atoms with Gasteiger partial charge < -0.3 is 5.32 Å². The highest BCUT2D eigenvalue weighted by Crippen LogP contribution is 2.22. The first kappa shape index (κ1) is 6.81. The van der Waals surface area contributed by atoms with E-state index < -0.39 is 0 Å². The molecule has 1 nitrogen and oxygen atoms in total. The summed E-state index contributed by atoms with van der Waals surface area (Å²) in [4.78, 5) is 0. The Bertz CT molecular complexity index is 106. The highest BCUT2D eigenvalue weighted by atomic mass is 14.9. The van der Waals surface area contributed by atoms with Crippen LogP contribution in [0.2, 0.25) is 0 Å². The minimum Gasteiger partial charge on any atom is -0.316 e. The fraction of sp³-hybridized carbons (Fsp3) is 0.750. The van der Waals surface area contributed by atoms with Gasteiger partial charge in [-0.2, -0.15) is 0 Å². The minimum absolute atomic E-state index is 0.671. The molecule has 1 N–H and O–H groups in total. The van der Waals surface area contributed by atoms with Crippen LogP contribution in [0.5, 0.6) is 0 Å². The van der Waals surface area contributed by atoms with Crippen LogP contribution < -0.4 is 5.32 Å². The van der Waals surface area contributed by atoms with Crippen molar-refractivity contribution in [2.75, 3.05) is 7.05 Å². The summed E-state index contributed by atoms with van der Waals surface area (Å²) in [5.41, 5.74) is 0. The van der Waals surface area contributed by atoms with Crippen LogP contribution in [0.4, 0.5) is 0 Å². The van der Waals surface area contributed by atoms with Crippen molar-refractivity contribution in [1.82, 2.24) is 5.32 Å². The molecule has 0 saturated heterocycles. The Kier molecular flexibility index (Phi) is 1.91. The Labute approximate surface area is 57.1 Å². The van der Waals surface area contributed by atoms with E-state index in [0.717, 1.165) is 0 Å². The molecule has 0 aromatic rings. The molecule has 52 valence electrons. The number of hydrogen-bond acceptors (Lipinski definition) is 1. The molecular formula is C8H15N. The predicted octanol–water partition coefficient (Wildman–Crippen LogP) is 1.42. The minimum atomic E-state index is 0.671. The second-order valence-corrected chi connectivity index (χ2v) is 2.92. The van der Waals surface area contributed by atoms with Gasteiger partial charge >= 0.3 is 0 Å². The lowest BCUT2D eigenvalue weighted by Crippen LogP contribution is -2.32. The average Bonchev–Trinajstić information content (AvgIpc) is 2.12. The predicted molar refractivity (Wildman–Crippen MR) is 40.3 cm³/mol. The summed E-state index contributed by atoms with van der Waals surface area (Å²) in [6.45, 7) is 4.50. The van der Waals surface area contributed by atoms with E-state index in [1.54, 1.807) is 0 Å². The van der Waals surface area contributed by atoms with Crippen LogP contribution in [-0.2, 0) is 0 Å². The molecule has 9 heavy (non-hydrogen) atoms. The summed E-state index contributed by atoms with van der Waals surface area (Å²) in [5.74, 6) is 1.43. The zero-order valence-corrected chi connectivity index (χ0v) is 6.39. The van der Waals surface area contributed by atoms with Crippen LogP contribution in [0.3, 0.4) is 0 Å². The first-order valence-corrected chi connectivity index (χ1v) is 3.61. The maximum absolute atomic E-state index is 3.30. The fourth-order valence-electron chi connectivity index (χ4n) is 1.59. The molecule has 1 aliphatic rings. The molecule has 1 rings (SSSR count). The molecule has 0 heterocycles. The van der Waals surface area contributed by atoms with Crippen LogP contribution in [0.15, 0.2) is 12.2 Å². The lowest BCUT2D eigenvalue weighted by Gasteiger charge is -2.18. The van der Waals surface area contributed by atoms with E-state index >= 15 is 0 Å². The van der Waals surface area contributed by atoms with Crippen molar-refractivity contribution in [2.45, 2.75) is 19.9 Å². The summed E-state index contributed by atoms with van der Waals surface area (Å²) < 4.78 is 0. The maximum atomic E-state index is 3.30. The molecule has 0 spiro atoms. The largest absolute Gasteiger partial charge is 0.316 e. The van der Waals surface area contributed by atoms with E-state index in [1.165, 1.54) is 0 Å². The van der Waals surface area contributed by atoms with Gasteiger partial charge in [0.2, 0.25) is 0 Å². The second-order valence-electron chi connectivity index (χ2n) is 2.92. The quantitative estimate of drug-likeness (QED) is 0.522. The van der Waals surface area contributed by atoms with Crippen LogP contribution in [-0.4, -0.2) is 13.1 Å². The van der Waals surface area contributed by atoms with Crippen LogP contribution in [0.1, 0.15) is 13.8 Å². The molecule has 1 heteroatoms. The second kappa shape index (κ2) is 2.53. The maximum Gasteiger partial charge on any atom is 0.0184 e. The summed E-state index contributed by atoms with van der Waals surface area (Å²) in [5, 5.41) is 3.30. The van der Waals surface area contributed by atoms with Gasteiger partial charge in [0.15, 0.2) is 0 Å². The normalized spacial score (nSPS) is 41.9. The van der Waals surface area contributed by atoms with Crippen molar-refractivity contribution < 1.29 is 0 Å². The smallest absolute Gasteiger partial charge is 0.0184 e. The zero-order chi connectivity index (χ0) is 6.85. The summed E-state index contributed by atoms with van der Waals surface area (Å²) in [6.07, 6.45) is 4.57. The van der Waals surface area contributed by atoms with Crippen molar-refractivity contribution in [3.05, 3.63) is 12.2 Å². The van der Waals surface area contributed by atoms with Crippen molar-refractivity contribution in [1.29, 1.82) is 0 Å². The van der Waals surface area contributed by atoms with Gasteiger partial charge in [-0.25, -0.2) is 0 Å². The molecule has 0 aromatic heterocycles. The fourth-order valence-corrected chi connectivity index (χ4v) is 1.59. The van der Waals surface area contributed by atoms with Crippen molar-refractivity contribution >= 4 is 0 Å². The van der Waals surface area contributed by atoms with E-state index in [4.69, 9.17) is 0 Å². The van der Waals surface area contributed by atoms with E-state index in [9.17, 15) is 0 Å². The highest BCUT2D eigenvalue weighted by molar-refractivity contribution is 5.06. The van der Waals surface area contributed by atoms with Crippen LogP contribution in [0, 0.1) is 11.8 Å². The van der Waals surface area contributed by atoms with Gasteiger partial charge in [-0.1, -0.05) is 26.0 Å². The molecule has 2 atom stereocenters. The third-order valence-corrected chi connectivity index (χ3v) is 2.18. The van der Waals surface area contributed by atoms with Crippen molar-refractivity contribution in [3.63, 3.8) is 0 Å². The van der Waals surface area contributed by atoms with E-state index in [-0.39, 0.29) is 0 Å². The highest BCUT2D eigenvalue weighted by Gasteiger charge is 2.22. The summed E-state index contributed by atoms with van der Waals surface area (Å²) >= 11 is 0. The molecule has 0 fully saturated rings. The standard InChI is InChI=1S/C8H15N/c1-6-4-5-7(2)8(6)9-3/h4-9H,1-3H3. The first-order chi connectivity index (χ1) is 4.25. The van der Waals surface area contributed by atoms with Gasteiger partial charge in [0.1, 0.15) is 0 Å². The molecule has 0 aliphatic heterocycles. The molecule has 0 aromatic carbocycles. The summed E-state index contributed by atoms with van der Waals surface area (Å²) in [6, 6.07) is 0.671. The molecule has 0 saturated carbocycles. The van der Waals surface area contributed by atoms with Gasteiger partial charge in [-0.05, 0) is 18.9 Å². The Morgan fingerprint density at radius 2 is 1.56 bits per heavy atom. The van der Waals surface area contributed by atoms with E-state index in [1.807, 2.05) is 7.05 Å². The van der Waals surface area contributed by atoms with E-state index in [2.05, 4.69) is 31.3 Å². The third-order valence-electron chi connectivity index (χ3n) is 2.18. The Morgan fingerprint density at radius 3 is 1.78 bits per heavy atom. The number of hydrogen-bond donors (Lipinski definition) is 1. The molecule has 2 unspecified atom stereocenters.